The molecule has 0 spiro atoms. The largest absolute Gasteiger partial charge is 0.350 e. The number of pyridine rings is 3. The molecule has 2 fully saturated rings. The number of piperazine rings is 1. The summed E-state index contributed by atoms with van der Waals surface area (Å²) in [6.45, 7) is 6.37. The summed E-state index contributed by atoms with van der Waals surface area (Å²) in [7, 11) is 2.22. The van der Waals surface area contributed by atoms with Gasteiger partial charge in [0.1, 0.15) is 28.2 Å². The first-order chi connectivity index (χ1) is 15.5. The molecular formula is C24H25N7S. The Balaban J connectivity index is 1.27. The molecule has 4 aromatic heterocycles. The summed E-state index contributed by atoms with van der Waals surface area (Å²) in [4.78, 5) is 23.8. The van der Waals surface area contributed by atoms with Crippen molar-refractivity contribution in [1.29, 1.82) is 0 Å². The van der Waals surface area contributed by atoms with Gasteiger partial charge < -0.3 is 10.2 Å². The molecule has 0 radical (unpaired) electrons. The monoisotopic (exact) mass is 443 g/mol. The number of nitrogens with zero attached hydrogens (tertiary/aromatic N) is 6. The van der Waals surface area contributed by atoms with Crippen LogP contribution in [0.1, 0.15) is 17.5 Å². The molecule has 2 aliphatic rings. The number of hydrogen-bond donors (Lipinski definition) is 1. The van der Waals surface area contributed by atoms with Crippen LogP contribution in [-0.2, 0) is 0 Å². The maximum atomic E-state index is 4.97. The Morgan fingerprint density at radius 3 is 2.69 bits per heavy atom. The lowest BCUT2D eigenvalue weighted by atomic mass is 10.2. The number of aryl methyl sites for hydroxylation is 2. The molecule has 32 heavy (non-hydrogen) atoms. The summed E-state index contributed by atoms with van der Waals surface area (Å²) in [5.41, 5.74) is 4.18. The highest BCUT2D eigenvalue weighted by atomic mass is 32.1. The molecule has 2 atom stereocenters. The van der Waals surface area contributed by atoms with Gasteiger partial charge in [-0.2, -0.15) is 0 Å². The van der Waals surface area contributed by atoms with Crippen LogP contribution in [0.3, 0.4) is 0 Å². The summed E-state index contributed by atoms with van der Waals surface area (Å²) in [6.07, 6.45) is 4.92. The van der Waals surface area contributed by atoms with E-state index >= 15 is 0 Å². The van der Waals surface area contributed by atoms with Crippen LogP contribution in [0, 0.1) is 13.8 Å². The van der Waals surface area contributed by atoms with Gasteiger partial charge in [0.2, 0.25) is 0 Å². The Hall–Kier alpha value is -3.10. The molecule has 1 N–H and O–H groups in total. The molecule has 2 saturated heterocycles. The lowest BCUT2D eigenvalue weighted by Crippen LogP contribution is -2.45. The normalized spacial score (nSPS) is 20.4. The zero-order chi connectivity index (χ0) is 21.8. The van der Waals surface area contributed by atoms with Crippen LogP contribution < -0.4 is 10.2 Å². The maximum Gasteiger partial charge on any atom is 0.143 e. The average molecular weight is 444 g/mol. The third-order valence-electron chi connectivity index (χ3n) is 6.60. The molecule has 0 saturated carbocycles. The van der Waals surface area contributed by atoms with Crippen molar-refractivity contribution in [2.75, 3.05) is 30.4 Å². The molecule has 2 aliphatic heterocycles. The van der Waals surface area contributed by atoms with Crippen molar-refractivity contribution in [1.82, 2.24) is 24.8 Å². The van der Waals surface area contributed by atoms with Gasteiger partial charge in [-0.1, -0.05) is 12.1 Å². The van der Waals surface area contributed by atoms with Crippen molar-refractivity contribution in [3.8, 4) is 10.7 Å². The van der Waals surface area contributed by atoms with Crippen LogP contribution in [0.25, 0.3) is 20.9 Å². The minimum absolute atomic E-state index is 0.560. The number of hydrogen-bond acceptors (Lipinski definition) is 8. The smallest absolute Gasteiger partial charge is 0.143 e. The molecule has 0 aliphatic carbocycles. The highest BCUT2D eigenvalue weighted by Gasteiger charge is 2.42. The van der Waals surface area contributed by atoms with E-state index in [-0.39, 0.29) is 0 Å². The maximum absolute atomic E-state index is 4.97. The second-order valence-corrected chi connectivity index (χ2v) is 9.85. The van der Waals surface area contributed by atoms with Crippen LogP contribution in [0.2, 0.25) is 0 Å². The van der Waals surface area contributed by atoms with Crippen molar-refractivity contribution in [3.63, 3.8) is 0 Å². The predicted molar refractivity (Wildman–Crippen MR) is 130 cm³/mol. The zero-order valence-electron chi connectivity index (χ0n) is 18.4. The highest BCUT2D eigenvalue weighted by Crippen LogP contribution is 2.35. The number of anilines is 3. The topological polar surface area (TPSA) is 70.1 Å². The van der Waals surface area contributed by atoms with Crippen molar-refractivity contribution in [2.24, 2.45) is 0 Å². The van der Waals surface area contributed by atoms with Crippen molar-refractivity contribution in [2.45, 2.75) is 32.4 Å². The Kier molecular flexibility index (Phi) is 4.58. The number of likely N-dealkylation sites (N-methyl/N-ethyl adjacent to an activating group) is 1. The molecule has 6 rings (SSSR count). The van der Waals surface area contributed by atoms with Crippen LogP contribution in [0.15, 0.2) is 42.7 Å². The Morgan fingerprint density at radius 2 is 1.91 bits per heavy atom. The van der Waals surface area contributed by atoms with Gasteiger partial charge >= 0.3 is 0 Å². The van der Waals surface area contributed by atoms with Gasteiger partial charge in [0.15, 0.2) is 0 Å². The zero-order valence-corrected chi connectivity index (χ0v) is 19.2. The van der Waals surface area contributed by atoms with Crippen molar-refractivity contribution in [3.05, 3.63) is 53.9 Å². The summed E-state index contributed by atoms with van der Waals surface area (Å²) in [5.74, 6) is 2.64. The van der Waals surface area contributed by atoms with E-state index < -0.39 is 0 Å². The number of fused-ring (bicyclic) bond motifs is 3. The lowest BCUT2D eigenvalue weighted by Gasteiger charge is -2.33. The van der Waals surface area contributed by atoms with Gasteiger partial charge in [-0.05, 0) is 50.6 Å². The van der Waals surface area contributed by atoms with Gasteiger partial charge in [0.25, 0.3) is 0 Å². The first kappa shape index (κ1) is 19.6. The third-order valence-corrected chi connectivity index (χ3v) is 7.61. The number of rotatable bonds is 4. The van der Waals surface area contributed by atoms with E-state index in [0.29, 0.717) is 12.1 Å². The van der Waals surface area contributed by atoms with Gasteiger partial charge in [-0.3, -0.25) is 9.88 Å². The number of nitrogens with one attached hydrogen (secondary N) is 1. The molecule has 4 aromatic rings. The Bertz CT molecular complexity index is 1310. The molecule has 0 amide bonds. The summed E-state index contributed by atoms with van der Waals surface area (Å²) in [5, 5.41) is 4.31. The van der Waals surface area contributed by atoms with Crippen LogP contribution >= 0.6 is 11.3 Å². The molecule has 0 aromatic carbocycles. The molecule has 0 unspecified atom stereocenters. The molecule has 7 nitrogen and oxygen atoms in total. The van der Waals surface area contributed by atoms with Crippen molar-refractivity contribution < 1.29 is 0 Å². The Labute approximate surface area is 191 Å². The fourth-order valence-corrected chi connectivity index (χ4v) is 5.83. The van der Waals surface area contributed by atoms with Crippen LogP contribution in [0.4, 0.5) is 17.5 Å². The van der Waals surface area contributed by atoms with Crippen LogP contribution in [-0.4, -0.2) is 57.1 Å². The van der Waals surface area contributed by atoms with Gasteiger partial charge in [0.05, 0.1) is 10.2 Å². The standard InChI is InChI=1S/C24H25N7S/c1-14-5-4-8-25-22(14)24-27-18-10-21(26-11-19(18)32-24)28-20-7-6-15(2)23(29-20)31-13-16-9-17(31)12-30(16)3/h4-8,10-11,16-17H,9,12-13H2,1-3H3,(H,26,28,29)/t16-,17-/m0/s1. The molecule has 162 valence electrons. The van der Waals surface area contributed by atoms with Crippen LogP contribution in [0.5, 0.6) is 0 Å². The predicted octanol–water partition coefficient (Wildman–Crippen LogP) is 4.40. The van der Waals surface area contributed by atoms with Gasteiger partial charge in [-0.25, -0.2) is 15.0 Å². The van der Waals surface area contributed by atoms with E-state index in [1.807, 2.05) is 30.6 Å². The second kappa shape index (κ2) is 7.50. The average Bonchev–Trinajstić information content (AvgIpc) is 3.48. The van der Waals surface area contributed by atoms with E-state index in [9.17, 15) is 0 Å². The number of thiazole rings is 1. The third kappa shape index (κ3) is 3.30. The number of likely N-dealkylation sites (tertiary alicyclic amines) is 1. The fraction of sp³-hybridized carbons (Fsp3) is 0.333. The quantitative estimate of drug-likeness (QED) is 0.501. The van der Waals surface area contributed by atoms with E-state index in [2.05, 4.69) is 58.1 Å². The summed E-state index contributed by atoms with van der Waals surface area (Å²) < 4.78 is 1.05. The minimum Gasteiger partial charge on any atom is -0.350 e. The lowest BCUT2D eigenvalue weighted by molar-refractivity contribution is 0.292. The molecular weight excluding hydrogens is 418 g/mol. The van der Waals surface area contributed by atoms with E-state index in [0.717, 1.165) is 57.0 Å². The molecule has 2 bridgehead atoms. The molecule has 6 heterocycles. The summed E-state index contributed by atoms with van der Waals surface area (Å²) in [6, 6.07) is 11.4. The second-order valence-electron chi connectivity index (χ2n) is 8.82. The summed E-state index contributed by atoms with van der Waals surface area (Å²) >= 11 is 1.62. The van der Waals surface area contributed by atoms with E-state index in [1.165, 1.54) is 12.0 Å². The van der Waals surface area contributed by atoms with E-state index in [1.54, 1.807) is 11.3 Å². The Morgan fingerprint density at radius 1 is 1.00 bits per heavy atom. The minimum atomic E-state index is 0.560. The first-order valence-electron chi connectivity index (χ1n) is 11.0. The van der Waals surface area contributed by atoms with Gasteiger partial charge in [-0.15, -0.1) is 11.3 Å². The van der Waals surface area contributed by atoms with E-state index in [4.69, 9.17) is 9.97 Å². The van der Waals surface area contributed by atoms with Gasteiger partial charge in [0, 0.05) is 43.6 Å². The number of aromatic nitrogens is 4. The molecule has 8 heteroatoms. The fourth-order valence-electron chi connectivity index (χ4n) is 4.85. The van der Waals surface area contributed by atoms with Crippen molar-refractivity contribution >= 4 is 39.0 Å². The SMILES string of the molecule is Cc1cccnc1-c1nc2cc(Nc3ccc(C)c(N4C[C@@H]5C[C@H]4CN5C)n3)ncc2s1. The highest BCUT2D eigenvalue weighted by molar-refractivity contribution is 7.21. The first-order valence-corrected chi connectivity index (χ1v) is 11.8.